The monoisotopic (exact) mass is 522 g/mol. The van der Waals surface area contributed by atoms with Gasteiger partial charge in [-0.15, -0.1) is 0 Å². The third kappa shape index (κ3) is 7.20. The van der Waals surface area contributed by atoms with Gasteiger partial charge < -0.3 is 24.3 Å². The Morgan fingerprint density at radius 1 is 0.921 bits per heavy atom. The summed E-state index contributed by atoms with van der Waals surface area (Å²) in [5.41, 5.74) is 3.14. The van der Waals surface area contributed by atoms with Gasteiger partial charge in [0, 0.05) is 5.56 Å². The summed E-state index contributed by atoms with van der Waals surface area (Å²) in [6, 6.07) is 16.5. The smallest absolute Gasteiger partial charge is 0.282 e. The number of methoxy groups -OCH3 is 3. The Hall–Kier alpha value is -5.13. The van der Waals surface area contributed by atoms with Crippen LogP contribution in [0.15, 0.2) is 65.8 Å². The molecule has 0 unspecified atom stereocenters. The lowest BCUT2D eigenvalue weighted by molar-refractivity contribution is -0.385. The quantitative estimate of drug-likeness (QED) is 0.209. The lowest BCUT2D eigenvalue weighted by Gasteiger charge is -2.12. The lowest BCUT2D eigenvalue weighted by Crippen LogP contribution is -2.34. The fourth-order valence-corrected chi connectivity index (χ4v) is 3.29. The van der Waals surface area contributed by atoms with Crippen LogP contribution >= 0.6 is 0 Å². The third-order valence-electron chi connectivity index (χ3n) is 5.19. The van der Waals surface area contributed by atoms with Crippen LogP contribution in [0.25, 0.3) is 0 Å². The van der Waals surface area contributed by atoms with Gasteiger partial charge in [-0.25, -0.2) is 5.43 Å². The van der Waals surface area contributed by atoms with Crippen LogP contribution in [0.5, 0.6) is 23.0 Å². The van der Waals surface area contributed by atoms with Gasteiger partial charge in [0.1, 0.15) is 6.61 Å². The minimum absolute atomic E-state index is 0.0774. The van der Waals surface area contributed by atoms with E-state index >= 15 is 0 Å². The zero-order chi connectivity index (χ0) is 27.5. The predicted molar refractivity (Wildman–Crippen MR) is 138 cm³/mol. The van der Waals surface area contributed by atoms with Gasteiger partial charge >= 0.3 is 0 Å². The van der Waals surface area contributed by atoms with Crippen LogP contribution < -0.4 is 29.7 Å². The number of rotatable bonds is 12. The molecular weight excluding hydrogens is 496 g/mol. The highest BCUT2D eigenvalue weighted by Gasteiger charge is 2.19. The number of benzene rings is 3. The fourth-order valence-electron chi connectivity index (χ4n) is 3.29. The van der Waals surface area contributed by atoms with Gasteiger partial charge in [0.2, 0.25) is 0 Å². The highest BCUT2D eigenvalue weighted by atomic mass is 16.6. The molecule has 2 N–H and O–H groups in total. The van der Waals surface area contributed by atoms with Gasteiger partial charge in [0.25, 0.3) is 17.5 Å². The summed E-state index contributed by atoms with van der Waals surface area (Å²) < 4.78 is 21.3. The molecule has 0 aliphatic rings. The molecule has 198 valence electrons. The molecule has 12 nitrogen and oxygen atoms in total. The van der Waals surface area contributed by atoms with Crippen LogP contribution in [0, 0.1) is 10.1 Å². The van der Waals surface area contributed by atoms with Gasteiger partial charge in [0.15, 0.2) is 23.0 Å². The summed E-state index contributed by atoms with van der Waals surface area (Å²) in [7, 11) is 4.32. The van der Waals surface area contributed by atoms with Crippen LogP contribution in [0.4, 0.5) is 5.69 Å². The molecule has 0 heterocycles. The highest BCUT2D eigenvalue weighted by Crippen LogP contribution is 2.34. The average molecular weight is 523 g/mol. The molecule has 12 heteroatoms. The number of nitrogens with zero attached hydrogens (tertiary/aromatic N) is 2. The first-order valence-corrected chi connectivity index (χ1v) is 11.2. The van der Waals surface area contributed by atoms with E-state index < -0.39 is 16.7 Å². The van der Waals surface area contributed by atoms with E-state index in [0.29, 0.717) is 11.5 Å². The summed E-state index contributed by atoms with van der Waals surface area (Å²) in [5.74, 6) is 0.0908. The van der Waals surface area contributed by atoms with Gasteiger partial charge in [-0.3, -0.25) is 19.7 Å². The molecule has 0 spiro atoms. The van der Waals surface area contributed by atoms with Crippen molar-refractivity contribution in [1.82, 2.24) is 10.7 Å². The van der Waals surface area contributed by atoms with Gasteiger partial charge in [-0.1, -0.05) is 30.3 Å². The van der Waals surface area contributed by atoms with E-state index in [1.54, 1.807) is 6.07 Å². The molecule has 0 aliphatic carbocycles. The van der Waals surface area contributed by atoms with Crippen molar-refractivity contribution < 1.29 is 33.5 Å². The van der Waals surface area contributed by atoms with Crippen molar-refractivity contribution in [2.75, 3.05) is 27.9 Å². The molecule has 0 radical (unpaired) electrons. The Morgan fingerprint density at radius 3 is 2.26 bits per heavy atom. The highest BCUT2D eigenvalue weighted by molar-refractivity contribution is 5.97. The minimum Gasteiger partial charge on any atom is -0.493 e. The molecule has 0 fully saturated rings. The van der Waals surface area contributed by atoms with Crippen molar-refractivity contribution in [3.63, 3.8) is 0 Å². The second kappa shape index (κ2) is 13.3. The molecule has 38 heavy (non-hydrogen) atoms. The molecular formula is C26H26N4O8. The van der Waals surface area contributed by atoms with E-state index in [1.807, 2.05) is 30.3 Å². The zero-order valence-corrected chi connectivity index (χ0v) is 20.9. The number of nitrogens with one attached hydrogen (secondary N) is 2. The first-order chi connectivity index (χ1) is 18.4. The van der Waals surface area contributed by atoms with Gasteiger partial charge in [0.05, 0.1) is 50.6 Å². The van der Waals surface area contributed by atoms with E-state index in [1.165, 1.54) is 45.6 Å². The van der Waals surface area contributed by atoms with Crippen LogP contribution in [0.1, 0.15) is 21.5 Å². The maximum absolute atomic E-state index is 12.4. The van der Waals surface area contributed by atoms with Crippen LogP contribution in [0.2, 0.25) is 0 Å². The van der Waals surface area contributed by atoms with Crippen molar-refractivity contribution in [2.24, 2.45) is 5.10 Å². The van der Waals surface area contributed by atoms with Crippen molar-refractivity contribution in [1.29, 1.82) is 0 Å². The molecule has 0 aromatic heterocycles. The van der Waals surface area contributed by atoms with E-state index in [4.69, 9.17) is 18.9 Å². The van der Waals surface area contributed by atoms with Crippen molar-refractivity contribution in [2.45, 2.75) is 6.61 Å². The SMILES string of the molecule is COc1ccc(C(=O)NCC(=O)NN=Cc2cc(OC)c(OCc3ccccc3)cc2[N+](=O)[O-])cc1OC. The number of amides is 2. The first kappa shape index (κ1) is 27.5. The largest absolute Gasteiger partial charge is 0.493 e. The Labute approximate surface area is 218 Å². The zero-order valence-electron chi connectivity index (χ0n) is 20.9. The van der Waals surface area contributed by atoms with Gasteiger partial charge in [-0.05, 0) is 29.8 Å². The van der Waals surface area contributed by atoms with E-state index in [-0.39, 0.29) is 41.5 Å². The summed E-state index contributed by atoms with van der Waals surface area (Å²) in [4.78, 5) is 35.5. The Kier molecular flexibility index (Phi) is 9.58. The Bertz CT molecular complexity index is 1330. The van der Waals surface area contributed by atoms with Gasteiger partial charge in [-0.2, -0.15) is 5.10 Å². The summed E-state index contributed by atoms with van der Waals surface area (Å²) in [6.45, 7) is -0.199. The summed E-state index contributed by atoms with van der Waals surface area (Å²) in [5, 5.41) is 17.9. The number of ether oxygens (including phenoxy) is 4. The number of carbonyl (C=O) groups is 2. The number of carbonyl (C=O) groups excluding carboxylic acids is 2. The van der Waals surface area contributed by atoms with E-state index in [9.17, 15) is 19.7 Å². The molecule has 2 amide bonds. The van der Waals surface area contributed by atoms with Crippen LogP contribution in [-0.2, 0) is 11.4 Å². The van der Waals surface area contributed by atoms with Crippen molar-refractivity contribution in [3.8, 4) is 23.0 Å². The van der Waals surface area contributed by atoms with E-state index in [2.05, 4.69) is 15.8 Å². The average Bonchev–Trinajstić information content (AvgIpc) is 2.94. The molecule has 3 aromatic rings. The fraction of sp³-hybridized carbons (Fsp3) is 0.192. The summed E-state index contributed by atoms with van der Waals surface area (Å²) >= 11 is 0. The number of nitro benzene ring substituents is 1. The number of hydrazone groups is 1. The third-order valence-corrected chi connectivity index (χ3v) is 5.19. The number of hydrogen-bond acceptors (Lipinski definition) is 9. The van der Waals surface area contributed by atoms with E-state index in [0.717, 1.165) is 11.8 Å². The second-order valence-corrected chi connectivity index (χ2v) is 7.64. The minimum atomic E-state index is -0.646. The standard InChI is InChI=1S/C26H26N4O8/c1-35-21-10-9-18(11-22(21)36-2)26(32)27-15-25(31)29-28-14-19-12-23(37-3)24(13-20(19)30(33)34)38-16-17-7-5-4-6-8-17/h4-14H,15-16H2,1-3H3,(H,27,32)(H,29,31). The maximum Gasteiger partial charge on any atom is 0.282 e. The molecule has 0 saturated carbocycles. The topological polar surface area (TPSA) is 151 Å². The normalized spacial score (nSPS) is 10.5. The molecule has 3 rings (SSSR count). The van der Waals surface area contributed by atoms with Crippen LogP contribution in [-0.4, -0.2) is 50.8 Å². The van der Waals surface area contributed by atoms with Crippen LogP contribution in [0.3, 0.4) is 0 Å². The maximum atomic E-state index is 12.4. The predicted octanol–water partition coefficient (Wildman–Crippen LogP) is 3.08. The first-order valence-electron chi connectivity index (χ1n) is 11.2. The lowest BCUT2D eigenvalue weighted by atomic mass is 10.1. The molecule has 0 atom stereocenters. The Balaban J connectivity index is 1.63. The summed E-state index contributed by atoms with van der Waals surface area (Å²) in [6.07, 6.45) is 1.11. The molecule has 0 aliphatic heterocycles. The number of nitro groups is 1. The molecule has 3 aromatic carbocycles. The van der Waals surface area contributed by atoms with Crippen molar-refractivity contribution in [3.05, 3.63) is 87.5 Å². The number of hydrogen-bond donors (Lipinski definition) is 2. The second-order valence-electron chi connectivity index (χ2n) is 7.64. The van der Waals surface area contributed by atoms with Crippen molar-refractivity contribution >= 4 is 23.7 Å². The molecule has 0 saturated heterocycles. The Morgan fingerprint density at radius 2 is 1.61 bits per heavy atom. The molecule has 0 bridgehead atoms.